The lowest BCUT2D eigenvalue weighted by Crippen LogP contribution is -2.41. The largest absolute Gasteiger partial charge is 0.480 e. The van der Waals surface area contributed by atoms with Crippen LogP contribution in [0.1, 0.15) is 25.3 Å². The molecule has 0 spiro atoms. The third-order valence-electron chi connectivity index (χ3n) is 2.76. The van der Waals surface area contributed by atoms with E-state index in [1.807, 2.05) is 13.0 Å². The van der Waals surface area contributed by atoms with Crippen LogP contribution in [-0.4, -0.2) is 29.6 Å². The van der Waals surface area contributed by atoms with Crippen LogP contribution >= 0.6 is 11.6 Å². The van der Waals surface area contributed by atoms with Crippen molar-refractivity contribution in [1.82, 2.24) is 5.32 Å². The van der Waals surface area contributed by atoms with Gasteiger partial charge in [0.15, 0.2) is 0 Å². The number of nitrogens with zero attached hydrogens (tertiary/aromatic N) is 1. The zero-order valence-electron chi connectivity index (χ0n) is 11.5. The number of amides is 1. The minimum Gasteiger partial charge on any atom is -0.480 e. The second-order valence-electron chi connectivity index (χ2n) is 4.42. The number of carboxylic acids is 1. The number of aliphatic carboxylic acids is 1. The minimum atomic E-state index is -0.980. The van der Waals surface area contributed by atoms with E-state index in [0.717, 1.165) is 0 Å². The summed E-state index contributed by atoms with van der Waals surface area (Å²) in [6.07, 6.45) is 1.15. The Labute approximate surface area is 127 Å². The van der Waals surface area contributed by atoms with Gasteiger partial charge in [-0.1, -0.05) is 24.9 Å². The molecule has 1 atom stereocenters. The Morgan fingerprint density at radius 1 is 1.48 bits per heavy atom. The van der Waals surface area contributed by atoms with E-state index in [1.165, 1.54) is 12.1 Å². The molecule has 0 radical (unpaired) electrons. The number of benzene rings is 1. The number of halogens is 1. The average molecular weight is 310 g/mol. The van der Waals surface area contributed by atoms with Gasteiger partial charge in [-0.05, 0) is 24.6 Å². The maximum Gasteiger partial charge on any atom is 0.320 e. The highest BCUT2D eigenvalue weighted by atomic mass is 35.5. The lowest BCUT2D eigenvalue weighted by Gasteiger charge is -2.13. The third-order valence-corrected chi connectivity index (χ3v) is 3.07. The van der Waals surface area contributed by atoms with E-state index < -0.39 is 12.0 Å². The lowest BCUT2D eigenvalue weighted by atomic mass is 10.1. The van der Waals surface area contributed by atoms with Gasteiger partial charge in [0.1, 0.15) is 12.1 Å². The van der Waals surface area contributed by atoms with Crippen molar-refractivity contribution in [2.75, 3.05) is 11.9 Å². The van der Waals surface area contributed by atoms with E-state index in [9.17, 15) is 9.59 Å². The Balaban J connectivity index is 2.56. The summed E-state index contributed by atoms with van der Waals surface area (Å²) in [5.41, 5.74) is 0.773. The lowest BCUT2D eigenvalue weighted by molar-refractivity contribution is -0.139. The fraction of sp³-hybridized carbons (Fsp3) is 0.357. The molecule has 6 nitrogen and oxygen atoms in total. The molecule has 0 saturated heterocycles. The number of carbonyl (C=O) groups excluding carboxylic acids is 1. The first-order valence-corrected chi connectivity index (χ1v) is 6.81. The number of carbonyl (C=O) groups is 2. The quantitative estimate of drug-likeness (QED) is 0.715. The second kappa shape index (κ2) is 8.25. The zero-order valence-corrected chi connectivity index (χ0v) is 12.3. The Bertz CT molecular complexity index is 569. The van der Waals surface area contributed by atoms with Crippen LogP contribution in [0.3, 0.4) is 0 Å². The van der Waals surface area contributed by atoms with Crippen molar-refractivity contribution < 1.29 is 14.7 Å². The number of anilines is 1. The molecule has 1 aromatic carbocycles. The van der Waals surface area contributed by atoms with Gasteiger partial charge in [-0.2, -0.15) is 5.26 Å². The number of nitriles is 1. The number of hydrogen-bond donors (Lipinski definition) is 3. The molecule has 1 unspecified atom stereocenters. The summed E-state index contributed by atoms with van der Waals surface area (Å²) in [5.74, 6) is -1.36. The van der Waals surface area contributed by atoms with Gasteiger partial charge in [0.2, 0.25) is 5.91 Å². The number of carboxylic acid groups (broad SMARTS) is 1. The van der Waals surface area contributed by atoms with Crippen molar-refractivity contribution in [3.63, 3.8) is 0 Å². The zero-order chi connectivity index (χ0) is 15.8. The molecule has 0 aliphatic carbocycles. The van der Waals surface area contributed by atoms with Gasteiger partial charge >= 0.3 is 5.97 Å². The van der Waals surface area contributed by atoms with E-state index in [0.29, 0.717) is 24.1 Å². The summed E-state index contributed by atoms with van der Waals surface area (Å²) in [6, 6.07) is 5.71. The van der Waals surface area contributed by atoms with Gasteiger partial charge in [-0.25, -0.2) is 0 Å². The highest BCUT2D eigenvalue weighted by Gasteiger charge is 2.16. The summed E-state index contributed by atoms with van der Waals surface area (Å²) >= 11 is 5.86. The second-order valence-corrected chi connectivity index (χ2v) is 4.82. The predicted molar refractivity (Wildman–Crippen MR) is 79.1 cm³/mol. The normalized spacial score (nSPS) is 11.5. The molecule has 0 fully saturated rings. The van der Waals surface area contributed by atoms with Crippen molar-refractivity contribution in [2.24, 2.45) is 0 Å². The number of nitrogens with one attached hydrogen (secondary N) is 2. The first-order valence-electron chi connectivity index (χ1n) is 6.43. The van der Waals surface area contributed by atoms with Gasteiger partial charge in [-0.15, -0.1) is 0 Å². The van der Waals surface area contributed by atoms with Crippen molar-refractivity contribution in [1.29, 1.82) is 5.26 Å². The van der Waals surface area contributed by atoms with Crippen LogP contribution in [0.5, 0.6) is 0 Å². The number of hydrogen-bond acceptors (Lipinski definition) is 4. The third kappa shape index (κ3) is 5.42. The van der Waals surface area contributed by atoms with Crippen LogP contribution in [0.4, 0.5) is 5.69 Å². The molecule has 1 amide bonds. The molecule has 0 aliphatic heterocycles. The fourth-order valence-corrected chi connectivity index (χ4v) is 1.93. The molecule has 0 aromatic heterocycles. The SMILES string of the molecule is CCCC(NCC(=O)Nc1ccc(C#N)c(Cl)c1)C(=O)O. The highest BCUT2D eigenvalue weighted by molar-refractivity contribution is 6.32. The van der Waals surface area contributed by atoms with Crippen molar-refractivity contribution in [3.05, 3.63) is 28.8 Å². The molecule has 0 bridgehead atoms. The molecule has 7 heteroatoms. The smallest absolute Gasteiger partial charge is 0.320 e. The molecule has 0 heterocycles. The molecule has 21 heavy (non-hydrogen) atoms. The maximum atomic E-state index is 11.7. The van der Waals surface area contributed by atoms with Crippen LogP contribution < -0.4 is 10.6 Å². The molecule has 3 N–H and O–H groups in total. The van der Waals surface area contributed by atoms with E-state index in [4.69, 9.17) is 22.0 Å². The molecular weight excluding hydrogens is 294 g/mol. The van der Waals surface area contributed by atoms with Crippen molar-refractivity contribution in [2.45, 2.75) is 25.8 Å². The fourth-order valence-electron chi connectivity index (χ4n) is 1.71. The summed E-state index contributed by atoms with van der Waals surface area (Å²) in [6.45, 7) is 1.75. The van der Waals surface area contributed by atoms with Crippen LogP contribution in [0.15, 0.2) is 18.2 Å². The number of rotatable bonds is 7. The van der Waals surface area contributed by atoms with Gasteiger partial charge in [0, 0.05) is 5.69 Å². The van der Waals surface area contributed by atoms with Crippen molar-refractivity contribution in [3.8, 4) is 6.07 Å². The van der Waals surface area contributed by atoms with Gasteiger partial charge in [0.25, 0.3) is 0 Å². The van der Waals surface area contributed by atoms with E-state index in [-0.39, 0.29) is 17.5 Å². The summed E-state index contributed by atoms with van der Waals surface area (Å²) in [4.78, 5) is 22.7. The summed E-state index contributed by atoms with van der Waals surface area (Å²) < 4.78 is 0. The highest BCUT2D eigenvalue weighted by Crippen LogP contribution is 2.19. The first-order chi connectivity index (χ1) is 9.97. The standard InChI is InChI=1S/C14H16ClN3O3/c1-2-3-12(14(20)21)17-8-13(19)18-10-5-4-9(7-16)11(15)6-10/h4-6,12,17H,2-3,8H2,1H3,(H,18,19)(H,20,21). The Hall–Kier alpha value is -2.10. The minimum absolute atomic E-state index is 0.116. The Morgan fingerprint density at radius 3 is 2.71 bits per heavy atom. The van der Waals surface area contributed by atoms with E-state index >= 15 is 0 Å². The van der Waals surface area contributed by atoms with E-state index in [2.05, 4.69) is 10.6 Å². The van der Waals surface area contributed by atoms with Crippen molar-refractivity contribution >= 4 is 29.2 Å². The van der Waals surface area contributed by atoms with E-state index in [1.54, 1.807) is 6.07 Å². The topological polar surface area (TPSA) is 102 Å². The summed E-state index contributed by atoms with van der Waals surface area (Å²) in [5, 5.41) is 23.2. The van der Waals surface area contributed by atoms with Crippen LogP contribution in [0.2, 0.25) is 5.02 Å². The van der Waals surface area contributed by atoms with Gasteiger partial charge in [0.05, 0.1) is 17.1 Å². The van der Waals surface area contributed by atoms with Gasteiger partial charge in [-0.3, -0.25) is 14.9 Å². The Kier molecular flexibility index (Phi) is 6.66. The molecule has 0 saturated carbocycles. The first kappa shape index (κ1) is 17.0. The van der Waals surface area contributed by atoms with Crippen LogP contribution in [0.25, 0.3) is 0 Å². The molecule has 1 rings (SSSR count). The maximum absolute atomic E-state index is 11.7. The Morgan fingerprint density at radius 2 is 2.19 bits per heavy atom. The molecule has 0 aliphatic rings. The van der Waals surface area contributed by atoms with Gasteiger partial charge < -0.3 is 10.4 Å². The predicted octanol–water partition coefficient (Wildman–Crippen LogP) is 1.99. The monoisotopic (exact) mass is 309 g/mol. The molecule has 112 valence electrons. The molecule has 1 aromatic rings. The van der Waals surface area contributed by atoms with Crippen LogP contribution in [-0.2, 0) is 9.59 Å². The summed E-state index contributed by atoms with van der Waals surface area (Å²) in [7, 11) is 0. The average Bonchev–Trinajstić information content (AvgIpc) is 2.43. The van der Waals surface area contributed by atoms with Crippen LogP contribution in [0, 0.1) is 11.3 Å². The molecular formula is C14H16ClN3O3.